The van der Waals surface area contributed by atoms with Gasteiger partial charge in [-0.3, -0.25) is 19.3 Å². The fraction of sp³-hybridized carbons (Fsp3) is 0.450. The first-order chi connectivity index (χ1) is 12.0. The number of hydrogen-bond acceptors (Lipinski definition) is 3. The Bertz CT molecular complexity index is 753. The molecule has 4 aliphatic rings. The lowest BCUT2D eigenvalue weighted by Crippen LogP contribution is -2.46. The predicted octanol–water partition coefficient (Wildman–Crippen LogP) is 2.52. The van der Waals surface area contributed by atoms with Crippen LogP contribution in [0.5, 0.6) is 0 Å². The number of fused-ring (bicyclic) bond motifs is 1. The highest BCUT2D eigenvalue weighted by Gasteiger charge is 2.58. The second-order valence-corrected chi connectivity index (χ2v) is 7.42. The van der Waals surface area contributed by atoms with Gasteiger partial charge in [0, 0.05) is 5.69 Å². The number of benzene rings is 1. The predicted molar refractivity (Wildman–Crippen MR) is 93.5 cm³/mol. The van der Waals surface area contributed by atoms with Crippen LogP contribution in [0.15, 0.2) is 36.4 Å². The zero-order valence-corrected chi connectivity index (χ0v) is 14.4. The van der Waals surface area contributed by atoms with Gasteiger partial charge in [-0.05, 0) is 56.2 Å². The fourth-order valence-corrected chi connectivity index (χ4v) is 4.57. The molecule has 2 bridgehead atoms. The Hall–Kier alpha value is -2.43. The Balaban J connectivity index is 1.54. The van der Waals surface area contributed by atoms with E-state index in [1.165, 1.54) is 4.90 Å². The van der Waals surface area contributed by atoms with Crippen molar-refractivity contribution in [1.29, 1.82) is 0 Å². The maximum atomic E-state index is 12.9. The highest BCUT2D eigenvalue weighted by atomic mass is 16.2. The first-order valence-electron chi connectivity index (χ1n) is 8.90. The lowest BCUT2D eigenvalue weighted by atomic mass is 9.63. The van der Waals surface area contributed by atoms with Gasteiger partial charge in [-0.2, -0.15) is 0 Å². The van der Waals surface area contributed by atoms with Crippen molar-refractivity contribution in [3.05, 3.63) is 42.0 Å². The monoisotopic (exact) mass is 338 g/mol. The van der Waals surface area contributed by atoms with Crippen molar-refractivity contribution in [2.45, 2.75) is 32.7 Å². The van der Waals surface area contributed by atoms with Crippen molar-refractivity contribution in [3.8, 4) is 0 Å². The minimum absolute atomic E-state index is 0.142. The molecule has 3 aliphatic carbocycles. The third-order valence-electron chi connectivity index (χ3n) is 5.85. The molecule has 0 spiro atoms. The van der Waals surface area contributed by atoms with Crippen LogP contribution in [-0.4, -0.2) is 28.7 Å². The van der Waals surface area contributed by atoms with E-state index < -0.39 is 6.04 Å². The topological polar surface area (TPSA) is 66.5 Å². The van der Waals surface area contributed by atoms with Crippen LogP contribution < -0.4 is 5.32 Å². The van der Waals surface area contributed by atoms with Crippen molar-refractivity contribution in [3.63, 3.8) is 0 Å². The number of likely N-dealkylation sites (tertiary alicyclic amines) is 1. The maximum Gasteiger partial charge on any atom is 0.247 e. The standard InChI is InChI=1S/C20H22N2O3/c1-11-4-3-5-15(10-11)21-18(23)12(2)22-19(24)16-13-6-7-14(9-8-13)17(16)20(22)25/h3-7,10,12-14,16-17H,8-9H2,1-2H3,(H,21,23)/t12-,13-,14-,16-,17-/m0/s1. The summed E-state index contributed by atoms with van der Waals surface area (Å²) in [6.07, 6.45) is 6.08. The largest absolute Gasteiger partial charge is 0.324 e. The van der Waals surface area contributed by atoms with Gasteiger partial charge in [0.05, 0.1) is 11.8 Å². The molecule has 0 unspecified atom stereocenters. The fourth-order valence-electron chi connectivity index (χ4n) is 4.57. The second kappa shape index (κ2) is 5.83. The molecule has 5 atom stereocenters. The molecule has 130 valence electrons. The van der Waals surface area contributed by atoms with Crippen LogP contribution in [0.25, 0.3) is 0 Å². The van der Waals surface area contributed by atoms with E-state index >= 15 is 0 Å². The molecule has 5 heteroatoms. The summed E-state index contributed by atoms with van der Waals surface area (Å²) in [5.41, 5.74) is 1.71. The highest BCUT2D eigenvalue weighted by Crippen LogP contribution is 2.49. The molecule has 25 heavy (non-hydrogen) atoms. The third kappa shape index (κ3) is 2.49. The summed E-state index contributed by atoms with van der Waals surface area (Å²) < 4.78 is 0. The van der Waals surface area contributed by atoms with Crippen LogP contribution in [-0.2, 0) is 14.4 Å². The molecule has 1 saturated carbocycles. The van der Waals surface area contributed by atoms with Gasteiger partial charge in [0.25, 0.3) is 0 Å². The van der Waals surface area contributed by atoms with E-state index in [1.807, 2.05) is 25.1 Å². The molecule has 5 rings (SSSR count). The molecule has 0 radical (unpaired) electrons. The van der Waals surface area contributed by atoms with Crippen LogP contribution in [0.1, 0.15) is 25.3 Å². The highest BCUT2D eigenvalue weighted by molar-refractivity contribution is 6.10. The molecule has 1 aromatic rings. The summed E-state index contributed by atoms with van der Waals surface area (Å²) >= 11 is 0. The van der Waals surface area contributed by atoms with E-state index in [-0.39, 0.29) is 41.4 Å². The quantitative estimate of drug-likeness (QED) is 0.680. The van der Waals surface area contributed by atoms with Crippen LogP contribution >= 0.6 is 0 Å². The van der Waals surface area contributed by atoms with Crippen molar-refractivity contribution in [1.82, 2.24) is 4.90 Å². The van der Waals surface area contributed by atoms with Gasteiger partial charge in [0.15, 0.2) is 0 Å². The van der Waals surface area contributed by atoms with Gasteiger partial charge >= 0.3 is 0 Å². The Morgan fingerprint density at radius 2 is 1.72 bits per heavy atom. The lowest BCUT2D eigenvalue weighted by Gasteiger charge is -2.38. The van der Waals surface area contributed by atoms with Gasteiger partial charge in [-0.25, -0.2) is 0 Å². The van der Waals surface area contributed by atoms with Gasteiger partial charge in [-0.15, -0.1) is 0 Å². The summed E-state index contributed by atoms with van der Waals surface area (Å²) in [6.45, 7) is 3.58. The summed E-state index contributed by atoms with van der Waals surface area (Å²) in [7, 11) is 0. The van der Waals surface area contributed by atoms with Gasteiger partial charge in [0.1, 0.15) is 6.04 Å². The first-order valence-corrected chi connectivity index (χ1v) is 8.90. The molecular formula is C20H22N2O3. The number of rotatable bonds is 3. The first kappa shape index (κ1) is 16.1. The number of nitrogens with one attached hydrogen (secondary N) is 1. The second-order valence-electron chi connectivity index (χ2n) is 7.42. The van der Waals surface area contributed by atoms with Crippen LogP contribution in [0.4, 0.5) is 5.69 Å². The van der Waals surface area contributed by atoms with E-state index in [9.17, 15) is 14.4 Å². The van der Waals surface area contributed by atoms with Gasteiger partial charge in [0.2, 0.25) is 17.7 Å². The Kier molecular flexibility index (Phi) is 3.74. The Morgan fingerprint density at radius 1 is 1.12 bits per heavy atom. The number of anilines is 1. The summed E-state index contributed by atoms with van der Waals surface area (Å²) in [4.78, 5) is 39.6. The van der Waals surface area contributed by atoms with Crippen LogP contribution in [0, 0.1) is 30.6 Å². The zero-order valence-electron chi connectivity index (χ0n) is 14.4. The van der Waals surface area contributed by atoms with Crippen molar-refractivity contribution in [2.75, 3.05) is 5.32 Å². The van der Waals surface area contributed by atoms with Crippen molar-refractivity contribution >= 4 is 23.4 Å². The zero-order chi connectivity index (χ0) is 17.7. The number of nitrogens with zero attached hydrogens (tertiary/aromatic N) is 1. The average molecular weight is 338 g/mol. The van der Waals surface area contributed by atoms with Crippen molar-refractivity contribution in [2.24, 2.45) is 23.7 Å². The minimum atomic E-state index is -0.800. The molecule has 0 aromatic heterocycles. The lowest BCUT2D eigenvalue weighted by molar-refractivity contribution is -0.146. The molecular weight excluding hydrogens is 316 g/mol. The van der Waals surface area contributed by atoms with Gasteiger partial charge < -0.3 is 5.32 Å². The van der Waals surface area contributed by atoms with Crippen LogP contribution in [0.3, 0.4) is 0 Å². The molecule has 1 aliphatic heterocycles. The van der Waals surface area contributed by atoms with Crippen LogP contribution in [0.2, 0.25) is 0 Å². The normalized spacial score (nSPS) is 31.2. The number of aryl methyl sites for hydroxylation is 1. The molecule has 3 amide bonds. The molecule has 1 aromatic carbocycles. The summed E-state index contributed by atoms with van der Waals surface area (Å²) in [5, 5.41) is 2.82. The average Bonchev–Trinajstić information content (AvgIpc) is 2.88. The minimum Gasteiger partial charge on any atom is -0.324 e. The number of allylic oxidation sites excluding steroid dienone is 2. The number of amides is 3. The Labute approximate surface area is 147 Å². The maximum absolute atomic E-state index is 12.9. The number of carbonyl (C=O) groups excluding carboxylic acids is 3. The molecule has 2 fully saturated rings. The third-order valence-corrected chi connectivity index (χ3v) is 5.85. The van der Waals surface area contributed by atoms with E-state index in [1.54, 1.807) is 13.0 Å². The number of hydrogen-bond donors (Lipinski definition) is 1. The van der Waals surface area contributed by atoms with E-state index in [0.717, 1.165) is 18.4 Å². The molecule has 1 heterocycles. The van der Waals surface area contributed by atoms with E-state index in [2.05, 4.69) is 17.5 Å². The molecule has 1 saturated heterocycles. The van der Waals surface area contributed by atoms with Crippen molar-refractivity contribution < 1.29 is 14.4 Å². The number of carbonyl (C=O) groups is 3. The molecule has 5 nitrogen and oxygen atoms in total. The smallest absolute Gasteiger partial charge is 0.247 e. The SMILES string of the molecule is Cc1cccc(NC(=O)[C@H](C)N2C(=O)[C@@H]3[C@@H](C2=O)[C@H]2C=C[C@H]3CC2)c1. The number of imide groups is 1. The summed E-state index contributed by atoms with van der Waals surface area (Å²) in [5.74, 6) is -0.948. The van der Waals surface area contributed by atoms with E-state index in [0.29, 0.717) is 5.69 Å². The molecule has 1 N–H and O–H groups in total. The van der Waals surface area contributed by atoms with Gasteiger partial charge in [-0.1, -0.05) is 24.3 Å². The Morgan fingerprint density at radius 3 is 2.24 bits per heavy atom. The van der Waals surface area contributed by atoms with E-state index in [4.69, 9.17) is 0 Å². The summed E-state index contributed by atoms with van der Waals surface area (Å²) in [6, 6.07) is 6.67.